The Hall–Kier alpha value is -1.46. The minimum atomic E-state index is -0.283. The second kappa shape index (κ2) is 7.20. The largest absolute Gasteiger partial charge is 0.493 e. The molecule has 5 nitrogen and oxygen atoms in total. The van der Waals surface area contributed by atoms with Gasteiger partial charge in [-0.05, 0) is 50.0 Å². The highest BCUT2D eigenvalue weighted by Crippen LogP contribution is 2.31. The van der Waals surface area contributed by atoms with Crippen molar-refractivity contribution in [3.63, 3.8) is 0 Å². The maximum absolute atomic E-state index is 12.3. The van der Waals surface area contributed by atoms with E-state index in [-0.39, 0.29) is 24.5 Å². The molecule has 3 saturated heterocycles. The van der Waals surface area contributed by atoms with Gasteiger partial charge in [0, 0.05) is 6.54 Å². The summed E-state index contributed by atoms with van der Waals surface area (Å²) in [7, 11) is 3.13. The summed E-state index contributed by atoms with van der Waals surface area (Å²) in [5.41, 5.74) is 0.504. The predicted molar refractivity (Wildman–Crippen MR) is 85.2 cm³/mol. The first-order valence-corrected chi connectivity index (χ1v) is 7.36. The van der Waals surface area contributed by atoms with Crippen LogP contribution in [0, 0.1) is 5.92 Å². The van der Waals surface area contributed by atoms with E-state index < -0.39 is 0 Å². The molecule has 0 radical (unpaired) electrons. The molecule has 3 aliphatic rings. The second-order valence-corrected chi connectivity index (χ2v) is 5.65. The van der Waals surface area contributed by atoms with Crippen LogP contribution in [-0.4, -0.2) is 50.8 Å². The summed E-state index contributed by atoms with van der Waals surface area (Å²) in [6.07, 6.45) is 2.28. The highest BCUT2D eigenvalue weighted by molar-refractivity contribution is 5.90. The van der Waals surface area contributed by atoms with Crippen molar-refractivity contribution < 1.29 is 19.0 Å². The van der Waals surface area contributed by atoms with Gasteiger partial charge in [-0.3, -0.25) is 4.90 Å². The van der Waals surface area contributed by atoms with Crippen molar-refractivity contribution >= 4 is 18.4 Å². The molecule has 122 valence electrons. The molecular formula is C16H22ClNO4. The number of carbonyl (C=O) groups is 1. The highest BCUT2D eigenvalue weighted by atomic mass is 35.5. The number of nitrogens with zero attached hydrogens (tertiary/aromatic N) is 1. The molecule has 22 heavy (non-hydrogen) atoms. The average Bonchev–Trinajstić information content (AvgIpc) is 2.55. The Morgan fingerprint density at radius 2 is 1.82 bits per heavy atom. The van der Waals surface area contributed by atoms with Crippen LogP contribution in [0.5, 0.6) is 11.5 Å². The Labute approximate surface area is 136 Å². The lowest BCUT2D eigenvalue weighted by Gasteiger charge is -2.43. The quantitative estimate of drug-likeness (QED) is 0.795. The van der Waals surface area contributed by atoms with Crippen LogP contribution in [0.4, 0.5) is 0 Å². The van der Waals surface area contributed by atoms with Crippen molar-refractivity contribution in [3.05, 3.63) is 23.8 Å². The van der Waals surface area contributed by atoms with Crippen molar-refractivity contribution in [2.75, 3.05) is 33.9 Å². The van der Waals surface area contributed by atoms with E-state index in [0.29, 0.717) is 23.0 Å². The van der Waals surface area contributed by atoms with Crippen molar-refractivity contribution in [1.82, 2.24) is 4.90 Å². The summed E-state index contributed by atoms with van der Waals surface area (Å²) in [4.78, 5) is 14.7. The molecule has 1 atom stereocenters. The minimum Gasteiger partial charge on any atom is -0.493 e. The van der Waals surface area contributed by atoms with E-state index in [0.717, 1.165) is 32.5 Å². The molecular weight excluding hydrogens is 306 g/mol. The van der Waals surface area contributed by atoms with Gasteiger partial charge in [0.15, 0.2) is 11.5 Å². The zero-order valence-corrected chi connectivity index (χ0v) is 13.7. The van der Waals surface area contributed by atoms with Gasteiger partial charge in [-0.15, -0.1) is 12.4 Å². The van der Waals surface area contributed by atoms with Gasteiger partial charge in [-0.1, -0.05) is 0 Å². The topological polar surface area (TPSA) is 48.0 Å². The maximum Gasteiger partial charge on any atom is 0.338 e. The second-order valence-electron chi connectivity index (χ2n) is 5.65. The number of hydrogen-bond acceptors (Lipinski definition) is 5. The molecule has 0 spiro atoms. The summed E-state index contributed by atoms with van der Waals surface area (Å²) < 4.78 is 16.1. The van der Waals surface area contributed by atoms with E-state index >= 15 is 0 Å². The summed E-state index contributed by atoms with van der Waals surface area (Å²) in [5, 5.41) is 0. The molecule has 1 unspecified atom stereocenters. The standard InChI is InChI=1S/C16H21NO4.ClH/c1-19-13-4-3-12(9-14(13)20-2)16(18)21-15-10-17-7-5-11(15)6-8-17;/h3-4,9,11,15H,5-8,10H2,1-2H3;1H. The Morgan fingerprint density at radius 1 is 1.14 bits per heavy atom. The van der Waals surface area contributed by atoms with Crippen LogP contribution < -0.4 is 9.47 Å². The molecule has 0 aliphatic carbocycles. The highest BCUT2D eigenvalue weighted by Gasteiger charge is 2.36. The Balaban J connectivity index is 0.00000176. The third kappa shape index (κ3) is 3.31. The number of halogens is 1. The minimum absolute atomic E-state index is 0. The molecule has 1 aromatic carbocycles. The molecule has 3 aliphatic heterocycles. The van der Waals surface area contributed by atoms with Gasteiger partial charge in [0.1, 0.15) is 6.10 Å². The van der Waals surface area contributed by atoms with Crippen LogP contribution in [0.2, 0.25) is 0 Å². The van der Waals surface area contributed by atoms with E-state index in [4.69, 9.17) is 14.2 Å². The first-order valence-electron chi connectivity index (χ1n) is 7.36. The van der Waals surface area contributed by atoms with Gasteiger partial charge >= 0.3 is 5.97 Å². The Bertz CT molecular complexity index is 529. The van der Waals surface area contributed by atoms with E-state index in [1.54, 1.807) is 32.4 Å². The summed E-state index contributed by atoms with van der Waals surface area (Å²) in [6.45, 7) is 3.13. The van der Waals surface area contributed by atoms with Crippen LogP contribution in [-0.2, 0) is 4.74 Å². The molecule has 0 amide bonds. The van der Waals surface area contributed by atoms with Crippen molar-refractivity contribution in [3.8, 4) is 11.5 Å². The molecule has 4 rings (SSSR count). The number of hydrogen-bond donors (Lipinski definition) is 0. The Kier molecular flexibility index (Phi) is 5.53. The van der Waals surface area contributed by atoms with Crippen LogP contribution in [0.1, 0.15) is 23.2 Å². The third-order valence-corrected chi connectivity index (χ3v) is 4.47. The first kappa shape index (κ1) is 16.9. The number of benzene rings is 1. The number of methoxy groups -OCH3 is 2. The molecule has 3 fully saturated rings. The normalized spacial score (nSPS) is 26.0. The van der Waals surface area contributed by atoms with Crippen LogP contribution in [0.15, 0.2) is 18.2 Å². The zero-order valence-electron chi connectivity index (χ0n) is 12.9. The molecule has 0 N–H and O–H groups in total. The lowest BCUT2D eigenvalue weighted by Crippen LogP contribution is -2.51. The van der Waals surface area contributed by atoms with Gasteiger partial charge in [-0.25, -0.2) is 4.79 Å². The van der Waals surface area contributed by atoms with Gasteiger partial charge in [0.25, 0.3) is 0 Å². The molecule has 0 aromatic heterocycles. The first-order chi connectivity index (χ1) is 10.2. The van der Waals surface area contributed by atoms with Gasteiger partial charge in [0.05, 0.1) is 19.8 Å². The number of rotatable bonds is 4. The molecule has 0 saturated carbocycles. The maximum atomic E-state index is 12.3. The predicted octanol–water partition coefficient (Wildman–Crippen LogP) is 2.38. The SMILES string of the molecule is COc1ccc(C(=O)OC2CN3CCC2CC3)cc1OC.Cl. The zero-order chi connectivity index (χ0) is 14.8. The van der Waals surface area contributed by atoms with Crippen LogP contribution in [0.25, 0.3) is 0 Å². The van der Waals surface area contributed by atoms with Crippen molar-refractivity contribution in [2.24, 2.45) is 5.92 Å². The third-order valence-electron chi connectivity index (χ3n) is 4.47. The lowest BCUT2D eigenvalue weighted by atomic mass is 9.86. The monoisotopic (exact) mass is 327 g/mol. The number of esters is 1. The van der Waals surface area contributed by atoms with Gasteiger partial charge in [-0.2, -0.15) is 0 Å². The van der Waals surface area contributed by atoms with E-state index in [1.165, 1.54) is 0 Å². The van der Waals surface area contributed by atoms with Crippen molar-refractivity contribution in [1.29, 1.82) is 0 Å². The summed E-state index contributed by atoms with van der Waals surface area (Å²) >= 11 is 0. The number of piperidine rings is 3. The fourth-order valence-corrected chi connectivity index (χ4v) is 3.21. The average molecular weight is 328 g/mol. The molecule has 3 heterocycles. The van der Waals surface area contributed by atoms with E-state index in [9.17, 15) is 4.79 Å². The van der Waals surface area contributed by atoms with Gasteiger partial charge < -0.3 is 14.2 Å². The fraction of sp³-hybridized carbons (Fsp3) is 0.562. The van der Waals surface area contributed by atoms with Crippen LogP contribution >= 0.6 is 12.4 Å². The number of ether oxygens (including phenoxy) is 3. The Morgan fingerprint density at radius 3 is 2.36 bits per heavy atom. The van der Waals surface area contributed by atoms with Gasteiger partial charge in [0.2, 0.25) is 0 Å². The molecule has 1 aromatic rings. The number of fused-ring (bicyclic) bond motifs is 3. The summed E-state index contributed by atoms with van der Waals surface area (Å²) in [5.74, 6) is 1.38. The number of carbonyl (C=O) groups excluding carboxylic acids is 1. The summed E-state index contributed by atoms with van der Waals surface area (Å²) in [6, 6.07) is 5.11. The molecule has 6 heteroatoms. The smallest absolute Gasteiger partial charge is 0.338 e. The van der Waals surface area contributed by atoms with Crippen molar-refractivity contribution in [2.45, 2.75) is 18.9 Å². The molecule has 2 bridgehead atoms. The van der Waals surface area contributed by atoms with E-state index in [1.807, 2.05) is 0 Å². The van der Waals surface area contributed by atoms with E-state index in [2.05, 4.69) is 4.90 Å². The van der Waals surface area contributed by atoms with Crippen LogP contribution in [0.3, 0.4) is 0 Å². The fourth-order valence-electron chi connectivity index (χ4n) is 3.21. The lowest BCUT2D eigenvalue weighted by molar-refractivity contribution is -0.0455.